The largest absolute Gasteiger partial charge is 0.490 e. The van der Waals surface area contributed by atoms with Gasteiger partial charge in [0.1, 0.15) is 10.7 Å². The number of aryl methyl sites for hydroxylation is 1. The van der Waals surface area contributed by atoms with Crippen molar-refractivity contribution in [3.63, 3.8) is 0 Å². The van der Waals surface area contributed by atoms with E-state index in [2.05, 4.69) is 10.3 Å². The molecule has 2 heterocycles. The van der Waals surface area contributed by atoms with Crippen molar-refractivity contribution in [1.82, 2.24) is 9.38 Å². The first-order valence-corrected chi connectivity index (χ1v) is 8.16. The van der Waals surface area contributed by atoms with Crippen LogP contribution in [0.3, 0.4) is 0 Å². The molecule has 0 saturated carbocycles. The molecule has 1 N–H and O–H groups in total. The van der Waals surface area contributed by atoms with E-state index in [1.807, 2.05) is 6.92 Å². The Morgan fingerprint density at radius 3 is 2.88 bits per heavy atom. The molecule has 3 aromatic rings. The number of ether oxygens (including phenoxy) is 1. The highest BCUT2D eigenvalue weighted by atomic mass is 35.5. The van der Waals surface area contributed by atoms with Crippen molar-refractivity contribution >= 4 is 34.5 Å². The highest BCUT2D eigenvalue weighted by Gasteiger charge is 2.20. The van der Waals surface area contributed by atoms with E-state index in [-0.39, 0.29) is 16.4 Å². The van der Waals surface area contributed by atoms with Crippen molar-refractivity contribution in [2.45, 2.75) is 13.8 Å². The highest BCUT2D eigenvalue weighted by molar-refractivity contribution is 6.32. The lowest BCUT2D eigenvalue weighted by atomic mass is 10.2. The number of hydrogen-bond acceptors (Lipinski definition) is 5. The number of hydrogen-bond donors (Lipinski definition) is 1. The van der Waals surface area contributed by atoms with Crippen molar-refractivity contribution < 1.29 is 14.5 Å². The van der Waals surface area contributed by atoms with Gasteiger partial charge < -0.3 is 10.1 Å². The molecule has 8 nitrogen and oxygen atoms in total. The zero-order valence-corrected chi connectivity index (χ0v) is 14.8. The predicted octanol–water partition coefficient (Wildman–Crippen LogP) is 3.86. The molecule has 0 aliphatic heterocycles. The number of pyridine rings is 1. The molecule has 0 aliphatic rings. The van der Waals surface area contributed by atoms with Gasteiger partial charge in [0.2, 0.25) is 0 Å². The average molecular weight is 375 g/mol. The maximum absolute atomic E-state index is 12.7. The minimum absolute atomic E-state index is 0.000313. The van der Waals surface area contributed by atoms with Crippen LogP contribution in [0.25, 0.3) is 5.65 Å². The van der Waals surface area contributed by atoms with Crippen LogP contribution in [0.15, 0.2) is 36.5 Å². The fourth-order valence-corrected chi connectivity index (χ4v) is 2.80. The van der Waals surface area contributed by atoms with E-state index >= 15 is 0 Å². The van der Waals surface area contributed by atoms with Crippen LogP contribution in [-0.2, 0) is 0 Å². The molecule has 0 bridgehead atoms. The summed E-state index contributed by atoms with van der Waals surface area (Å²) in [4.78, 5) is 27.5. The van der Waals surface area contributed by atoms with Crippen LogP contribution in [0, 0.1) is 17.0 Å². The second kappa shape index (κ2) is 7.01. The van der Waals surface area contributed by atoms with Crippen LogP contribution < -0.4 is 10.1 Å². The summed E-state index contributed by atoms with van der Waals surface area (Å²) in [6.45, 7) is 4.05. The summed E-state index contributed by atoms with van der Waals surface area (Å²) in [7, 11) is 0. The maximum atomic E-state index is 12.7. The zero-order valence-electron chi connectivity index (χ0n) is 14.0. The van der Waals surface area contributed by atoms with Gasteiger partial charge in [-0.05, 0) is 38.1 Å². The summed E-state index contributed by atoms with van der Waals surface area (Å²) in [5, 5.41) is 13.6. The van der Waals surface area contributed by atoms with E-state index in [4.69, 9.17) is 16.3 Å². The average Bonchev–Trinajstić information content (AvgIpc) is 2.93. The third-order valence-electron chi connectivity index (χ3n) is 3.70. The van der Waals surface area contributed by atoms with Gasteiger partial charge >= 0.3 is 0 Å². The second-order valence-electron chi connectivity index (χ2n) is 5.42. The first kappa shape index (κ1) is 17.7. The number of rotatable bonds is 5. The molecule has 0 atom stereocenters. The fourth-order valence-electron chi connectivity index (χ4n) is 2.62. The summed E-state index contributed by atoms with van der Waals surface area (Å²) >= 11 is 5.80. The van der Waals surface area contributed by atoms with Crippen molar-refractivity contribution in [3.05, 3.63) is 63.1 Å². The lowest BCUT2D eigenvalue weighted by Crippen LogP contribution is -2.15. The van der Waals surface area contributed by atoms with Gasteiger partial charge in [-0.15, -0.1) is 0 Å². The number of amides is 1. The van der Waals surface area contributed by atoms with Gasteiger partial charge in [-0.2, -0.15) is 0 Å². The minimum Gasteiger partial charge on any atom is -0.490 e. The molecule has 1 aromatic carbocycles. The lowest BCUT2D eigenvalue weighted by molar-refractivity contribution is -0.384. The SMILES string of the molecule is CCOc1cccn2c(C(=O)Nc3ccc(Cl)c([N+](=O)[O-])c3)c(C)nc12. The number of carbonyl (C=O) groups excluding carboxylic acids is 1. The number of imidazole rings is 1. The van der Waals surface area contributed by atoms with Gasteiger partial charge in [0.15, 0.2) is 11.4 Å². The molecular formula is C17H15ClN4O4. The Morgan fingerprint density at radius 2 is 2.19 bits per heavy atom. The fraction of sp³-hybridized carbons (Fsp3) is 0.176. The van der Waals surface area contributed by atoms with E-state index in [0.29, 0.717) is 29.4 Å². The summed E-state index contributed by atoms with van der Waals surface area (Å²) in [6, 6.07) is 7.60. The van der Waals surface area contributed by atoms with Gasteiger partial charge in [-0.1, -0.05) is 11.6 Å². The van der Waals surface area contributed by atoms with Crippen LogP contribution >= 0.6 is 11.6 Å². The lowest BCUT2D eigenvalue weighted by Gasteiger charge is -2.08. The molecule has 0 radical (unpaired) electrons. The number of anilines is 1. The number of aromatic nitrogens is 2. The van der Waals surface area contributed by atoms with E-state index < -0.39 is 10.8 Å². The quantitative estimate of drug-likeness (QED) is 0.540. The van der Waals surface area contributed by atoms with Crippen molar-refractivity contribution in [1.29, 1.82) is 0 Å². The van der Waals surface area contributed by atoms with E-state index in [0.717, 1.165) is 0 Å². The molecule has 0 fully saturated rings. The molecule has 134 valence electrons. The number of carbonyl (C=O) groups is 1. The van der Waals surface area contributed by atoms with E-state index in [1.165, 1.54) is 18.2 Å². The molecule has 1 amide bonds. The Morgan fingerprint density at radius 1 is 1.42 bits per heavy atom. The zero-order chi connectivity index (χ0) is 18.8. The van der Waals surface area contributed by atoms with Crippen molar-refractivity contribution in [2.24, 2.45) is 0 Å². The maximum Gasteiger partial charge on any atom is 0.289 e. The van der Waals surface area contributed by atoms with Gasteiger partial charge in [0, 0.05) is 18.0 Å². The number of benzene rings is 1. The Labute approximate surface area is 153 Å². The number of fused-ring (bicyclic) bond motifs is 1. The molecule has 26 heavy (non-hydrogen) atoms. The van der Waals surface area contributed by atoms with Gasteiger partial charge in [-0.25, -0.2) is 4.98 Å². The molecule has 0 unspecified atom stereocenters. The molecule has 9 heteroatoms. The number of nitro groups is 1. The molecule has 3 rings (SSSR count). The first-order chi connectivity index (χ1) is 12.4. The standard InChI is InChI=1S/C17H15ClN4O4/c1-3-26-14-5-4-8-21-15(10(2)19-16(14)21)17(23)20-11-6-7-12(18)13(9-11)22(24)25/h4-9H,3H2,1-2H3,(H,20,23). The summed E-state index contributed by atoms with van der Waals surface area (Å²) < 4.78 is 7.16. The normalized spacial score (nSPS) is 10.7. The van der Waals surface area contributed by atoms with Crippen LogP contribution in [0.1, 0.15) is 23.1 Å². The van der Waals surface area contributed by atoms with Crippen molar-refractivity contribution in [3.8, 4) is 5.75 Å². The number of nitrogens with one attached hydrogen (secondary N) is 1. The molecular weight excluding hydrogens is 360 g/mol. The Balaban J connectivity index is 1.98. The third-order valence-corrected chi connectivity index (χ3v) is 4.02. The van der Waals surface area contributed by atoms with Crippen LogP contribution in [0.5, 0.6) is 5.75 Å². The Kier molecular flexibility index (Phi) is 4.77. The predicted molar refractivity (Wildman–Crippen MR) is 97.2 cm³/mol. The smallest absolute Gasteiger partial charge is 0.289 e. The number of nitrogens with zero attached hydrogens (tertiary/aromatic N) is 3. The van der Waals surface area contributed by atoms with Crippen LogP contribution in [0.2, 0.25) is 5.02 Å². The third kappa shape index (κ3) is 3.18. The van der Waals surface area contributed by atoms with Gasteiger partial charge in [0.25, 0.3) is 11.6 Å². The Bertz CT molecular complexity index is 1020. The highest BCUT2D eigenvalue weighted by Crippen LogP contribution is 2.28. The second-order valence-corrected chi connectivity index (χ2v) is 5.83. The van der Waals surface area contributed by atoms with E-state index in [9.17, 15) is 14.9 Å². The Hall–Kier alpha value is -3.13. The monoisotopic (exact) mass is 374 g/mol. The number of halogens is 1. The molecule has 0 saturated heterocycles. The van der Waals surface area contributed by atoms with Crippen LogP contribution in [-0.4, -0.2) is 26.8 Å². The molecule has 0 aliphatic carbocycles. The van der Waals surface area contributed by atoms with E-state index in [1.54, 1.807) is 29.7 Å². The summed E-state index contributed by atoms with van der Waals surface area (Å²) in [5.41, 5.74) is 1.34. The first-order valence-electron chi connectivity index (χ1n) is 7.78. The van der Waals surface area contributed by atoms with Crippen LogP contribution in [0.4, 0.5) is 11.4 Å². The van der Waals surface area contributed by atoms with Gasteiger partial charge in [0.05, 0.1) is 17.2 Å². The molecule has 0 spiro atoms. The van der Waals surface area contributed by atoms with Crippen molar-refractivity contribution in [2.75, 3.05) is 11.9 Å². The summed E-state index contributed by atoms with van der Waals surface area (Å²) in [5.74, 6) is 0.125. The molecule has 2 aromatic heterocycles. The van der Waals surface area contributed by atoms with Gasteiger partial charge in [-0.3, -0.25) is 19.3 Å². The topological polar surface area (TPSA) is 98.8 Å². The number of nitro benzene ring substituents is 1. The summed E-state index contributed by atoms with van der Waals surface area (Å²) in [6.07, 6.45) is 1.71. The minimum atomic E-state index is -0.605.